The quantitative estimate of drug-likeness (QED) is 0.780. The van der Waals surface area contributed by atoms with Gasteiger partial charge in [0, 0.05) is 4.47 Å². The number of benzene rings is 2. The molecule has 1 N–H and O–H groups in total. The number of anilines is 1. The Morgan fingerprint density at radius 3 is 2.50 bits per heavy atom. The van der Waals surface area contributed by atoms with E-state index in [1.807, 2.05) is 31.2 Å². The molecule has 2 rings (SSSR count). The molecule has 0 bridgehead atoms. The fourth-order valence-corrected chi connectivity index (χ4v) is 2.32. The second-order valence-electron chi connectivity index (χ2n) is 5.41. The van der Waals surface area contributed by atoms with Crippen LogP contribution in [0.4, 0.5) is 10.1 Å². The number of amides is 1. The molecule has 1 amide bonds. The lowest BCUT2D eigenvalue weighted by Crippen LogP contribution is -2.30. The van der Waals surface area contributed by atoms with Crippen LogP contribution in [0.2, 0.25) is 0 Å². The Morgan fingerprint density at radius 2 is 1.88 bits per heavy atom. The van der Waals surface area contributed by atoms with Crippen LogP contribution in [0.3, 0.4) is 0 Å². The maximum absolute atomic E-state index is 13.7. The Balaban J connectivity index is 1.90. The van der Waals surface area contributed by atoms with Crippen molar-refractivity contribution in [1.82, 2.24) is 0 Å². The molecular formula is C18H17BrFNO3. The predicted octanol–water partition coefficient (Wildman–Crippen LogP) is 4.01. The van der Waals surface area contributed by atoms with Gasteiger partial charge in [-0.25, -0.2) is 4.39 Å². The number of ether oxygens (including phenoxy) is 1. The van der Waals surface area contributed by atoms with Crippen molar-refractivity contribution in [1.29, 1.82) is 0 Å². The Labute approximate surface area is 148 Å². The third-order valence-corrected chi connectivity index (χ3v) is 3.83. The van der Waals surface area contributed by atoms with Gasteiger partial charge in [0.25, 0.3) is 5.91 Å². The van der Waals surface area contributed by atoms with Crippen LogP contribution in [-0.2, 0) is 20.7 Å². The minimum Gasteiger partial charge on any atom is -0.452 e. The van der Waals surface area contributed by atoms with Crippen LogP contribution in [-0.4, -0.2) is 18.0 Å². The first-order valence-electron chi connectivity index (χ1n) is 7.36. The molecule has 0 heterocycles. The average Bonchev–Trinajstić information content (AvgIpc) is 2.52. The first-order chi connectivity index (χ1) is 11.3. The van der Waals surface area contributed by atoms with E-state index in [2.05, 4.69) is 21.2 Å². The van der Waals surface area contributed by atoms with E-state index < -0.39 is 23.8 Å². The number of esters is 1. The first-order valence-corrected chi connectivity index (χ1v) is 8.15. The van der Waals surface area contributed by atoms with Crippen LogP contribution < -0.4 is 5.32 Å². The Morgan fingerprint density at radius 1 is 1.21 bits per heavy atom. The molecule has 0 aliphatic heterocycles. The minimum absolute atomic E-state index is 0.0321. The fraction of sp³-hybridized carbons (Fsp3) is 0.222. The van der Waals surface area contributed by atoms with E-state index in [1.165, 1.54) is 19.1 Å². The van der Waals surface area contributed by atoms with Crippen molar-refractivity contribution in [2.45, 2.75) is 26.4 Å². The molecule has 0 saturated heterocycles. The summed E-state index contributed by atoms with van der Waals surface area (Å²) in [4.78, 5) is 23.9. The van der Waals surface area contributed by atoms with E-state index in [0.717, 1.165) is 11.1 Å². The van der Waals surface area contributed by atoms with Gasteiger partial charge in [-0.2, -0.15) is 0 Å². The van der Waals surface area contributed by atoms with Crippen LogP contribution >= 0.6 is 15.9 Å². The SMILES string of the molecule is Cc1ccc(CC(=O)O[C@@H](C)C(=O)Nc2ccc(Br)cc2F)cc1. The van der Waals surface area contributed by atoms with E-state index in [-0.39, 0.29) is 12.1 Å². The molecule has 6 heteroatoms. The molecule has 2 aromatic rings. The maximum atomic E-state index is 13.7. The van der Waals surface area contributed by atoms with E-state index in [9.17, 15) is 14.0 Å². The summed E-state index contributed by atoms with van der Waals surface area (Å²) in [5, 5.41) is 2.40. The molecular weight excluding hydrogens is 377 g/mol. The smallest absolute Gasteiger partial charge is 0.311 e. The molecule has 0 fully saturated rings. The molecule has 126 valence electrons. The van der Waals surface area contributed by atoms with Gasteiger partial charge >= 0.3 is 5.97 Å². The summed E-state index contributed by atoms with van der Waals surface area (Å²) in [6, 6.07) is 11.7. The fourth-order valence-electron chi connectivity index (χ4n) is 1.99. The summed E-state index contributed by atoms with van der Waals surface area (Å²) in [6.07, 6.45) is -0.948. The summed E-state index contributed by atoms with van der Waals surface area (Å²) >= 11 is 3.14. The van der Waals surface area contributed by atoms with Gasteiger partial charge in [0.05, 0.1) is 12.1 Å². The second kappa shape index (κ2) is 8.06. The summed E-state index contributed by atoms with van der Waals surface area (Å²) in [5.74, 6) is -1.68. The van der Waals surface area contributed by atoms with Crippen molar-refractivity contribution in [2.75, 3.05) is 5.32 Å². The summed E-state index contributed by atoms with van der Waals surface area (Å²) < 4.78 is 19.4. The van der Waals surface area contributed by atoms with Crippen LogP contribution in [0.1, 0.15) is 18.1 Å². The first kappa shape index (κ1) is 18.1. The molecule has 0 radical (unpaired) electrons. The summed E-state index contributed by atoms with van der Waals surface area (Å²) in [6.45, 7) is 3.40. The molecule has 0 spiro atoms. The zero-order valence-electron chi connectivity index (χ0n) is 13.3. The minimum atomic E-state index is -1.02. The van der Waals surface area contributed by atoms with Gasteiger partial charge < -0.3 is 10.1 Å². The Hall–Kier alpha value is -2.21. The molecule has 24 heavy (non-hydrogen) atoms. The van der Waals surface area contributed by atoms with Crippen molar-refractivity contribution in [3.05, 3.63) is 63.9 Å². The molecule has 0 aliphatic rings. The Bertz CT molecular complexity index is 746. The van der Waals surface area contributed by atoms with Crippen molar-refractivity contribution in [2.24, 2.45) is 0 Å². The largest absolute Gasteiger partial charge is 0.452 e. The molecule has 0 aromatic heterocycles. The normalized spacial score (nSPS) is 11.7. The van der Waals surface area contributed by atoms with E-state index >= 15 is 0 Å². The number of carbonyl (C=O) groups excluding carboxylic acids is 2. The third-order valence-electron chi connectivity index (χ3n) is 3.34. The third kappa shape index (κ3) is 5.16. The number of hydrogen-bond acceptors (Lipinski definition) is 3. The lowest BCUT2D eigenvalue weighted by atomic mass is 10.1. The number of halogens is 2. The van der Waals surface area contributed by atoms with Gasteiger partial charge in [0.15, 0.2) is 6.10 Å². The zero-order valence-corrected chi connectivity index (χ0v) is 14.9. The second-order valence-corrected chi connectivity index (χ2v) is 6.32. The highest BCUT2D eigenvalue weighted by Gasteiger charge is 2.19. The number of rotatable bonds is 5. The highest BCUT2D eigenvalue weighted by atomic mass is 79.9. The lowest BCUT2D eigenvalue weighted by Gasteiger charge is -2.14. The van der Waals surface area contributed by atoms with Crippen molar-refractivity contribution < 1.29 is 18.7 Å². The van der Waals surface area contributed by atoms with Gasteiger partial charge in [-0.15, -0.1) is 0 Å². The monoisotopic (exact) mass is 393 g/mol. The average molecular weight is 394 g/mol. The van der Waals surface area contributed by atoms with Crippen LogP contribution in [0.15, 0.2) is 46.9 Å². The molecule has 1 atom stereocenters. The predicted molar refractivity (Wildman–Crippen MR) is 93.2 cm³/mol. The van der Waals surface area contributed by atoms with Gasteiger partial charge in [0.2, 0.25) is 0 Å². The van der Waals surface area contributed by atoms with Gasteiger partial charge in [-0.3, -0.25) is 9.59 Å². The topological polar surface area (TPSA) is 55.4 Å². The van der Waals surface area contributed by atoms with E-state index in [1.54, 1.807) is 6.07 Å². The van der Waals surface area contributed by atoms with E-state index in [4.69, 9.17) is 4.74 Å². The standard InChI is InChI=1S/C18H17BrFNO3/c1-11-3-5-13(6-4-11)9-17(22)24-12(2)18(23)21-16-8-7-14(19)10-15(16)20/h3-8,10,12H,9H2,1-2H3,(H,21,23)/t12-/m0/s1. The van der Waals surface area contributed by atoms with Crippen LogP contribution in [0.5, 0.6) is 0 Å². The maximum Gasteiger partial charge on any atom is 0.311 e. The molecule has 0 unspecified atom stereocenters. The molecule has 0 saturated carbocycles. The summed E-state index contributed by atoms with van der Waals surface area (Å²) in [7, 11) is 0. The van der Waals surface area contributed by atoms with Crippen molar-refractivity contribution in [3.8, 4) is 0 Å². The van der Waals surface area contributed by atoms with Crippen LogP contribution in [0.25, 0.3) is 0 Å². The molecule has 4 nitrogen and oxygen atoms in total. The van der Waals surface area contributed by atoms with Gasteiger partial charge in [-0.05, 0) is 37.6 Å². The number of aryl methyl sites for hydroxylation is 1. The number of carbonyl (C=O) groups is 2. The molecule has 0 aliphatic carbocycles. The van der Waals surface area contributed by atoms with Gasteiger partial charge in [0.1, 0.15) is 5.82 Å². The van der Waals surface area contributed by atoms with Crippen LogP contribution in [0, 0.1) is 12.7 Å². The summed E-state index contributed by atoms with van der Waals surface area (Å²) in [5.41, 5.74) is 1.93. The highest BCUT2D eigenvalue weighted by molar-refractivity contribution is 9.10. The van der Waals surface area contributed by atoms with E-state index in [0.29, 0.717) is 4.47 Å². The number of nitrogens with one attached hydrogen (secondary N) is 1. The van der Waals surface area contributed by atoms with Crippen molar-refractivity contribution in [3.63, 3.8) is 0 Å². The Kier molecular flexibility index (Phi) is 6.09. The van der Waals surface area contributed by atoms with Crippen molar-refractivity contribution >= 4 is 33.5 Å². The highest BCUT2D eigenvalue weighted by Crippen LogP contribution is 2.19. The number of hydrogen-bond donors (Lipinski definition) is 1. The van der Waals surface area contributed by atoms with Gasteiger partial charge in [-0.1, -0.05) is 45.8 Å². The lowest BCUT2D eigenvalue weighted by molar-refractivity contribution is -0.152. The zero-order chi connectivity index (χ0) is 17.7. The molecule has 2 aromatic carbocycles.